The molecule has 0 aromatic carbocycles. The Morgan fingerprint density at radius 3 is 1.90 bits per heavy atom. The number of nitrogens with zero attached hydrogens (tertiary/aromatic N) is 4. The van der Waals surface area contributed by atoms with Crippen LogP contribution in [0.2, 0.25) is 5.28 Å². The van der Waals surface area contributed by atoms with E-state index in [-0.39, 0.29) is 29.5 Å². The number of aryl methyl sites for hydroxylation is 1. The molecule has 39 heavy (non-hydrogen) atoms. The summed E-state index contributed by atoms with van der Waals surface area (Å²) in [5.74, 6) is -3.14. The summed E-state index contributed by atoms with van der Waals surface area (Å²) < 4.78 is 30.8. The van der Waals surface area contributed by atoms with Crippen LogP contribution in [-0.2, 0) is 56.0 Å². The number of rotatable bonds is 8. The Morgan fingerprint density at radius 1 is 0.846 bits per heavy atom. The highest BCUT2D eigenvalue weighted by atomic mass is 35.5. The first-order valence-corrected chi connectivity index (χ1v) is 12.4. The molecule has 0 N–H and O–H groups in total. The van der Waals surface area contributed by atoms with Crippen molar-refractivity contribution in [2.24, 2.45) is 0 Å². The van der Waals surface area contributed by atoms with E-state index in [1.54, 1.807) is 13.8 Å². The molecule has 1 aliphatic heterocycles. The van der Waals surface area contributed by atoms with E-state index >= 15 is 0 Å². The number of carbonyl (C=O) groups is 4. The van der Waals surface area contributed by atoms with Crippen LogP contribution < -0.4 is 11.2 Å². The fraction of sp³-hybridized carbons (Fsp3) is 0.609. The van der Waals surface area contributed by atoms with Gasteiger partial charge in [0.1, 0.15) is 12.7 Å². The molecule has 1 aliphatic rings. The highest BCUT2D eigenvalue weighted by Gasteiger charge is 2.53. The standard InChI is InChI=1S/C23H29ClN4O11/c1-7-26-19-15(20(33)27(8-2)23(26)34)28(22(24)25-19)21-18(38-13(6)32)17(37-12(5)31)16(36-11(4)30)14(39-21)9-35-10(3)29/h14,16-18,21H,7-9H2,1-6H3/t14-,16+,17+,18-,21-/m0/s1. The number of halogens is 1. The van der Waals surface area contributed by atoms with Crippen LogP contribution in [0.15, 0.2) is 9.59 Å². The van der Waals surface area contributed by atoms with Crippen LogP contribution in [-0.4, -0.2) is 73.6 Å². The molecule has 0 spiro atoms. The maximum atomic E-state index is 13.5. The van der Waals surface area contributed by atoms with Crippen LogP contribution in [0.5, 0.6) is 0 Å². The number of esters is 4. The van der Waals surface area contributed by atoms with E-state index in [9.17, 15) is 28.8 Å². The molecule has 1 fully saturated rings. The average Bonchev–Trinajstić information content (AvgIpc) is 3.16. The quantitative estimate of drug-likeness (QED) is 0.241. The predicted molar refractivity (Wildman–Crippen MR) is 132 cm³/mol. The summed E-state index contributed by atoms with van der Waals surface area (Å²) in [4.78, 5) is 78.4. The van der Waals surface area contributed by atoms with Gasteiger partial charge in [0, 0.05) is 40.8 Å². The predicted octanol–water partition coefficient (Wildman–Crippen LogP) is 0.309. The minimum absolute atomic E-state index is 0.0228. The van der Waals surface area contributed by atoms with Crippen molar-refractivity contribution < 1.29 is 42.9 Å². The summed E-state index contributed by atoms with van der Waals surface area (Å²) in [5, 5.41) is -0.321. The third-order valence-electron chi connectivity index (χ3n) is 5.87. The Kier molecular flexibility index (Phi) is 9.17. The zero-order valence-electron chi connectivity index (χ0n) is 22.2. The van der Waals surface area contributed by atoms with Crippen molar-refractivity contribution in [3.63, 3.8) is 0 Å². The van der Waals surface area contributed by atoms with Crippen molar-refractivity contribution in [1.82, 2.24) is 18.7 Å². The van der Waals surface area contributed by atoms with Crippen molar-refractivity contribution >= 4 is 46.6 Å². The molecule has 5 atom stereocenters. The van der Waals surface area contributed by atoms with E-state index in [1.165, 1.54) is 4.57 Å². The van der Waals surface area contributed by atoms with Gasteiger partial charge in [-0.2, -0.15) is 4.98 Å². The Morgan fingerprint density at radius 2 is 1.38 bits per heavy atom. The number of imidazole rings is 1. The molecule has 0 amide bonds. The second kappa shape index (κ2) is 12.0. The molecule has 0 bridgehead atoms. The first-order chi connectivity index (χ1) is 18.3. The summed E-state index contributed by atoms with van der Waals surface area (Å²) in [6.45, 7) is 7.37. The third-order valence-corrected chi connectivity index (χ3v) is 6.13. The van der Waals surface area contributed by atoms with E-state index in [1.807, 2.05) is 0 Å². The fourth-order valence-corrected chi connectivity index (χ4v) is 4.70. The number of ether oxygens (including phenoxy) is 5. The molecule has 0 saturated carbocycles. The van der Waals surface area contributed by atoms with E-state index in [2.05, 4.69) is 4.98 Å². The Balaban J connectivity index is 2.35. The van der Waals surface area contributed by atoms with Crippen molar-refractivity contribution in [1.29, 1.82) is 0 Å². The van der Waals surface area contributed by atoms with Crippen LogP contribution in [0.4, 0.5) is 0 Å². The number of hydrogen-bond donors (Lipinski definition) is 0. The molecular formula is C23H29ClN4O11. The molecule has 2 aromatic heterocycles. The van der Waals surface area contributed by atoms with Gasteiger partial charge in [-0.25, -0.2) is 4.79 Å². The van der Waals surface area contributed by atoms with Crippen LogP contribution in [0, 0.1) is 0 Å². The lowest BCUT2D eigenvalue weighted by Gasteiger charge is -2.44. The SMILES string of the molecule is CCn1c(=O)c2c(nc(Cl)n2[C@H]2O[C@@H](COC(C)=O)[C@@H](OC(C)=O)[C@@H](OC(C)=O)[C@@H]2OC(C)=O)n(CC)c1=O. The van der Waals surface area contributed by atoms with E-state index in [4.69, 9.17) is 35.3 Å². The van der Waals surface area contributed by atoms with Gasteiger partial charge in [-0.1, -0.05) is 0 Å². The Bertz CT molecular complexity index is 1410. The number of aromatic nitrogens is 4. The molecular weight excluding hydrogens is 544 g/mol. The summed E-state index contributed by atoms with van der Waals surface area (Å²) in [6.07, 6.45) is -7.22. The van der Waals surface area contributed by atoms with Crippen LogP contribution in [0.1, 0.15) is 47.8 Å². The van der Waals surface area contributed by atoms with Crippen molar-refractivity contribution in [2.75, 3.05) is 6.61 Å². The highest BCUT2D eigenvalue weighted by molar-refractivity contribution is 6.29. The molecule has 214 valence electrons. The van der Waals surface area contributed by atoms with E-state index in [0.717, 1.165) is 36.8 Å². The van der Waals surface area contributed by atoms with Gasteiger partial charge in [0.2, 0.25) is 5.28 Å². The minimum atomic E-state index is -1.53. The lowest BCUT2D eigenvalue weighted by Crippen LogP contribution is -2.60. The zero-order chi connectivity index (χ0) is 29.2. The lowest BCUT2D eigenvalue weighted by molar-refractivity contribution is -0.267. The smallest absolute Gasteiger partial charge is 0.332 e. The van der Waals surface area contributed by atoms with Gasteiger partial charge in [-0.05, 0) is 25.4 Å². The van der Waals surface area contributed by atoms with Gasteiger partial charge < -0.3 is 23.7 Å². The second-order valence-electron chi connectivity index (χ2n) is 8.59. The van der Waals surface area contributed by atoms with Gasteiger partial charge in [-0.15, -0.1) is 0 Å². The first kappa shape index (κ1) is 29.8. The monoisotopic (exact) mass is 572 g/mol. The first-order valence-electron chi connectivity index (χ1n) is 12.0. The average molecular weight is 573 g/mol. The number of carbonyl (C=O) groups excluding carboxylic acids is 4. The summed E-state index contributed by atoms with van der Waals surface area (Å²) >= 11 is 6.49. The molecule has 0 unspecified atom stereocenters. The normalized spacial score (nSPS) is 22.8. The fourth-order valence-electron chi connectivity index (χ4n) is 4.44. The zero-order valence-corrected chi connectivity index (χ0v) is 22.9. The van der Waals surface area contributed by atoms with Crippen LogP contribution in [0.25, 0.3) is 11.2 Å². The topological polar surface area (TPSA) is 176 Å². The molecule has 1 saturated heterocycles. The van der Waals surface area contributed by atoms with E-state index in [0.29, 0.717) is 0 Å². The third kappa shape index (κ3) is 5.98. The van der Waals surface area contributed by atoms with Crippen molar-refractivity contribution in [3.8, 4) is 0 Å². The number of hydrogen-bond acceptors (Lipinski definition) is 12. The molecule has 16 heteroatoms. The Labute approximate surface area is 226 Å². The maximum Gasteiger partial charge on any atom is 0.332 e. The number of fused-ring (bicyclic) bond motifs is 1. The molecule has 3 heterocycles. The minimum Gasteiger partial charge on any atom is -0.463 e. The molecule has 15 nitrogen and oxygen atoms in total. The molecule has 3 rings (SSSR count). The Hall–Kier alpha value is -3.72. The van der Waals surface area contributed by atoms with E-state index < -0.39 is 72.4 Å². The van der Waals surface area contributed by atoms with Gasteiger partial charge in [0.05, 0.1) is 0 Å². The van der Waals surface area contributed by atoms with Crippen LogP contribution >= 0.6 is 11.6 Å². The van der Waals surface area contributed by atoms with Gasteiger partial charge >= 0.3 is 29.6 Å². The van der Waals surface area contributed by atoms with Gasteiger partial charge in [0.25, 0.3) is 5.56 Å². The summed E-state index contributed by atoms with van der Waals surface area (Å²) in [5.41, 5.74) is -1.59. The molecule has 2 aromatic rings. The lowest BCUT2D eigenvalue weighted by atomic mass is 9.97. The largest absolute Gasteiger partial charge is 0.463 e. The molecule has 0 radical (unpaired) electrons. The van der Waals surface area contributed by atoms with Gasteiger partial charge in [0.15, 0.2) is 35.7 Å². The van der Waals surface area contributed by atoms with Crippen LogP contribution in [0.3, 0.4) is 0 Å². The van der Waals surface area contributed by atoms with Crippen molar-refractivity contribution in [3.05, 3.63) is 26.1 Å². The second-order valence-corrected chi connectivity index (χ2v) is 8.93. The highest BCUT2D eigenvalue weighted by Crippen LogP contribution is 2.37. The summed E-state index contributed by atoms with van der Waals surface area (Å²) in [6, 6.07) is 0. The maximum absolute atomic E-state index is 13.5. The van der Waals surface area contributed by atoms with Gasteiger partial charge in [-0.3, -0.25) is 37.7 Å². The summed E-state index contributed by atoms with van der Waals surface area (Å²) in [7, 11) is 0. The van der Waals surface area contributed by atoms with Crippen molar-refractivity contribution in [2.45, 2.75) is 85.3 Å². The molecule has 0 aliphatic carbocycles.